The molecule has 0 aromatic heterocycles. The molecule has 1 unspecified atom stereocenters. The lowest BCUT2D eigenvalue weighted by Crippen LogP contribution is -2.31. The van der Waals surface area contributed by atoms with Crippen LogP contribution in [0.3, 0.4) is 0 Å². The van der Waals surface area contributed by atoms with Crippen molar-refractivity contribution in [2.45, 2.75) is 43.5 Å². The van der Waals surface area contributed by atoms with Gasteiger partial charge in [0.1, 0.15) is 5.75 Å². The molecule has 0 saturated heterocycles. The van der Waals surface area contributed by atoms with Gasteiger partial charge in [-0.15, -0.1) is 0 Å². The molecule has 7 heteroatoms. The lowest BCUT2D eigenvalue weighted by Gasteiger charge is -2.27. The van der Waals surface area contributed by atoms with Crippen LogP contribution in [0.5, 0.6) is 5.75 Å². The van der Waals surface area contributed by atoms with Crippen LogP contribution in [0.15, 0.2) is 71.6 Å². The predicted molar refractivity (Wildman–Crippen MR) is 127 cm³/mol. The molecule has 0 spiro atoms. The first-order chi connectivity index (χ1) is 15.9. The highest BCUT2D eigenvalue weighted by atomic mass is 32.2. The van der Waals surface area contributed by atoms with Crippen LogP contribution in [0.2, 0.25) is 0 Å². The van der Waals surface area contributed by atoms with E-state index in [1.807, 2.05) is 30.3 Å². The van der Waals surface area contributed by atoms with Gasteiger partial charge in [0.2, 0.25) is 10.0 Å². The maximum absolute atomic E-state index is 13.1. The molecule has 0 heterocycles. The van der Waals surface area contributed by atoms with Gasteiger partial charge in [-0.25, -0.2) is 17.9 Å². The van der Waals surface area contributed by atoms with Crippen molar-refractivity contribution in [2.24, 2.45) is 0 Å². The van der Waals surface area contributed by atoms with Crippen LogP contribution in [0.4, 0.5) is 0 Å². The number of carbonyl (C=O) groups is 1. The summed E-state index contributed by atoms with van der Waals surface area (Å²) >= 11 is 0. The van der Waals surface area contributed by atoms with Crippen molar-refractivity contribution in [1.29, 1.82) is 0 Å². The molecule has 0 saturated carbocycles. The van der Waals surface area contributed by atoms with Gasteiger partial charge in [-0.3, -0.25) is 0 Å². The quantitative estimate of drug-likeness (QED) is 0.501. The van der Waals surface area contributed by atoms with Crippen LogP contribution in [-0.4, -0.2) is 26.1 Å². The Bertz CT molecular complexity index is 1250. The van der Waals surface area contributed by atoms with Crippen molar-refractivity contribution >= 4 is 16.0 Å². The molecule has 1 aliphatic carbocycles. The number of hydrogen-bond donors (Lipinski definition) is 2. The average Bonchev–Trinajstić information content (AvgIpc) is 2.83. The minimum Gasteiger partial charge on any atom is -0.482 e. The van der Waals surface area contributed by atoms with Crippen LogP contribution in [0.25, 0.3) is 11.1 Å². The van der Waals surface area contributed by atoms with Crippen LogP contribution < -0.4 is 9.46 Å². The first-order valence-corrected chi connectivity index (χ1v) is 12.5. The molecular weight excluding hydrogens is 438 g/mol. The number of aliphatic carboxylic acids is 1. The third-order valence-corrected chi connectivity index (χ3v) is 7.43. The van der Waals surface area contributed by atoms with Gasteiger partial charge in [0.25, 0.3) is 0 Å². The number of hydrogen-bond acceptors (Lipinski definition) is 4. The van der Waals surface area contributed by atoms with Crippen molar-refractivity contribution < 1.29 is 23.1 Å². The number of nitrogens with one attached hydrogen (secondary N) is 1. The summed E-state index contributed by atoms with van der Waals surface area (Å²) in [6, 6.07) is 20.1. The number of sulfonamides is 1. The second kappa shape index (κ2) is 9.77. The number of carboxylic acids is 1. The van der Waals surface area contributed by atoms with Gasteiger partial charge in [0.05, 0.1) is 4.90 Å². The van der Waals surface area contributed by atoms with Crippen molar-refractivity contribution in [3.63, 3.8) is 0 Å². The minimum absolute atomic E-state index is 0.211. The van der Waals surface area contributed by atoms with E-state index < -0.39 is 28.6 Å². The van der Waals surface area contributed by atoms with Gasteiger partial charge in [-0.2, -0.15) is 0 Å². The summed E-state index contributed by atoms with van der Waals surface area (Å²) in [6.07, 6.45) is 3.10. The summed E-state index contributed by atoms with van der Waals surface area (Å²) in [5, 5.41) is 8.91. The Morgan fingerprint density at radius 2 is 1.82 bits per heavy atom. The Hall–Kier alpha value is -3.16. The molecule has 0 fully saturated rings. The number of benzene rings is 3. The SMILES string of the molecule is CCc1cccc(-c2ccc(S(=O)(=O)NC3CCCc4c(OCC(=O)O)cccc43)cc2)c1. The Labute approximate surface area is 194 Å². The fraction of sp³-hybridized carbons (Fsp3) is 0.269. The molecule has 0 radical (unpaired) electrons. The number of rotatable bonds is 8. The Morgan fingerprint density at radius 1 is 1.06 bits per heavy atom. The van der Waals surface area contributed by atoms with Crippen LogP contribution in [0.1, 0.15) is 42.5 Å². The van der Waals surface area contributed by atoms with E-state index in [1.54, 1.807) is 24.3 Å². The average molecular weight is 466 g/mol. The summed E-state index contributed by atoms with van der Waals surface area (Å²) in [5.74, 6) is -0.553. The Morgan fingerprint density at radius 3 is 2.55 bits per heavy atom. The van der Waals surface area contributed by atoms with E-state index >= 15 is 0 Å². The zero-order valence-electron chi connectivity index (χ0n) is 18.5. The lowest BCUT2D eigenvalue weighted by molar-refractivity contribution is -0.139. The molecule has 0 aliphatic heterocycles. The summed E-state index contributed by atoms with van der Waals surface area (Å²) < 4.78 is 34.5. The van der Waals surface area contributed by atoms with E-state index in [9.17, 15) is 13.2 Å². The van der Waals surface area contributed by atoms with Crippen molar-refractivity contribution in [2.75, 3.05) is 6.61 Å². The molecule has 6 nitrogen and oxygen atoms in total. The molecule has 3 aromatic carbocycles. The van der Waals surface area contributed by atoms with Gasteiger partial charge in [0.15, 0.2) is 6.61 Å². The maximum Gasteiger partial charge on any atom is 0.341 e. The second-order valence-electron chi connectivity index (χ2n) is 8.15. The number of aryl methyl sites for hydroxylation is 1. The van der Waals surface area contributed by atoms with Gasteiger partial charge in [-0.1, -0.05) is 55.5 Å². The molecule has 3 aromatic rings. The van der Waals surface area contributed by atoms with Gasteiger partial charge < -0.3 is 9.84 Å². The lowest BCUT2D eigenvalue weighted by atomic mass is 9.87. The van der Waals surface area contributed by atoms with Crippen molar-refractivity contribution in [3.05, 3.63) is 83.4 Å². The highest BCUT2D eigenvalue weighted by Crippen LogP contribution is 2.36. The van der Waals surface area contributed by atoms with E-state index in [1.165, 1.54) is 5.56 Å². The fourth-order valence-corrected chi connectivity index (χ4v) is 5.51. The van der Waals surface area contributed by atoms with Gasteiger partial charge in [-0.05, 0) is 71.7 Å². The molecule has 0 amide bonds. The number of fused-ring (bicyclic) bond motifs is 1. The van der Waals surface area contributed by atoms with E-state index in [4.69, 9.17) is 9.84 Å². The first-order valence-electron chi connectivity index (χ1n) is 11.1. The number of ether oxygens (including phenoxy) is 1. The van der Waals surface area contributed by atoms with E-state index in [-0.39, 0.29) is 4.90 Å². The maximum atomic E-state index is 13.1. The zero-order chi connectivity index (χ0) is 23.4. The van der Waals surface area contributed by atoms with E-state index in [2.05, 4.69) is 23.8 Å². The van der Waals surface area contributed by atoms with Gasteiger partial charge in [0, 0.05) is 6.04 Å². The molecule has 4 rings (SSSR count). The standard InChI is InChI=1S/C26H27NO5S/c1-2-18-6-3-7-20(16-18)19-12-14-21(15-13-19)33(30,31)27-24-10-4-9-23-22(24)8-5-11-25(23)32-17-26(28)29/h3,5-8,11-16,24,27H,2,4,9-10,17H2,1H3,(H,28,29). The topological polar surface area (TPSA) is 92.7 Å². The minimum atomic E-state index is -3.74. The third kappa shape index (κ3) is 5.26. The Balaban J connectivity index is 1.55. The smallest absolute Gasteiger partial charge is 0.341 e. The molecule has 2 N–H and O–H groups in total. The molecule has 1 atom stereocenters. The van der Waals surface area contributed by atoms with Crippen LogP contribution in [0, 0.1) is 0 Å². The molecule has 33 heavy (non-hydrogen) atoms. The summed E-state index contributed by atoms with van der Waals surface area (Å²) in [6.45, 7) is 1.67. The normalized spacial score (nSPS) is 15.6. The monoisotopic (exact) mass is 465 g/mol. The Kier molecular flexibility index (Phi) is 6.81. The zero-order valence-corrected chi connectivity index (χ0v) is 19.3. The second-order valence-corrected chi connectivity index (χ2v) is 9.86. The number of carboxylic acid groups (broad SMARTS) is 1. The van der Waals surface area contributed by atoms with Gasteiger partial charge >= 0.3 is 5.97 Å². The molecule has 172 valence electrons. The summed E-state index contributed by atoms with van der Waals surface area (Å²) in [7, 11) is -3.74. The van der Waals surface area contributed by atoms with Crippen LogP contribution in [-0.2, 0) is 27.7 Å². The van der Waals surface area contributed by atoms with E-state index in [0.717, 1.165) is 41.5 Å². The fourth-order valence-electron chi connectivity index (χ4n) is 4.26. The summed E-state index contributed by atoms with van der Waals surface area (Å²) in [4.78, 5) is 11.1. The van der Waals surface area contributed by atoms with Crippen molar-refractivity contribution in [1.82, 2.24) is 4.72 Å². The predicted octanol–water partition coefficient (Wildman–Crippen LogP) is 4.74. The van der Waals surface area contributed by atoms with E-state index in [0.29, 0.717) is 12.2 Å². The molecule has 1 aliphatic rings. The van der Waals surface area contributed by atoms with Crippen molar-refractivity contribution in [3.8, 4) is 16.9 Å². The highest BCUT2D eigenvalue weighted by molar-refractivity contribution is 7.89. The summed E-state index contributed by atoms with van der Waals surface area (Å²) in [5.41, 5.74) is 4.95. The molecule has 0 bridgehead atoms. The third-order valence-electron chi connectivity index (χ3n) is 5.95. The molecular formula is C26H27NO5S. The first kappa shape index (κ1) is 23.0. The highest BCUT2D eigenvalue weighted by Gasteiger charge is 2.27. The largest absolute Gasteiger partial charge is 0.482 e. The van der Waals surface area contributed by atoms with Crippen LogP contribution >= 0.6 is 0 Å².